The molecule has 0 aromatic heterocycles. The van der Waals surface area contributed by atoms with Crippen molar-refractivity contribution in [3.63, 3.8) is 0 Å². The van der Waals surface area contributed by atoms with Crippen molar-refractivity contribution in [1.29, 1.82) is 0 Å². The fourth-order valence-electron chi connectivity index (χ4n) is 2.45. The van der Waals surface area contributed by atoms with Crippen molar-refractivity contribution < 1.29 is 4.79 Å². The summed E-state index contributed by atoms with van der Waals surface area (Å²) >= 11 is 1.16. The summed E-state index contributed by atoms with van der Waals surface area (Å²) in [5, 5.41) is 0.679. The average Bonchev–Trinajstić information content (AvgIpc) is 2.94. The minimum absolute atomic E-state index is 0.0128. The van der Waals surface area contributed by atoms with Crippen LogP contribution in [0.5, 0.6) is 0 Å². The second kappa shape index (κ2) is 6.60. The molecular formula is C21H22N2OS. The lowest BCUT2D eigenvalue weighted by Gasteiger charge is -2.32. The first-order chi connectivity index (χ1) is 11.8. The number of carbonyl (C=O) groups is 1. The highest BCUT2D eigenvalue weighted by Crippen LogP contribution is 2.40. The third kappa shape index (κ3) is 3.59. The van der Waals surface area contributed by atoms with Gasteiger partial charge in [0.25, 0.3) is 0 Å². The minimum atomic E-state index is -0.586. The van der Waals surface area contributed by atoms with Gasteiger partial charge in [0, 0.05) is 16.5 Å². The lowest BCUT2D eigenvalue weighted by atomic mass is 9.83. The smallest absolute Gasteiger partial charge is 0.225 e. The molecule has 1 aliphatic heterocycles. The zero-order valence-corrected chi connectivity index (χ0v) is 15.8. The van der Waals surface area contributed by atoms with Crippen LogP contribution in [0.2, 0.25) is 0 Å². The third-order valence-electron chi connectivity index (χ3n) is 4.52. The Hall–Kier alpha value is -2.20. The van der Waals surface area contributed by atoms with E-state index < -0.39 is 5.66 Å². The van der Waals surface area contributed by atoms with Crippen LogP contribution < -0.4 is 0 Å². The van der Waals surface area contributed by atoms with E-state index in [9.17, 15) is 4.79 Å². The van der Waals surface area contributed by atoms with Crippen molar-refractivity contribution >= 4 is 27.6 Å². The van der Waals surface area contributed by atoms with Crippen LogP contribution in [0.25, 0.3) is 0 Å². The van der Waals surface area contributed by atoms with Crippen molar-refractivity contribution in [3.8, 4) is 0 Å². The van der Waals surface area contributed by atoms with E-state index in [1.807, 2.05) is 67.6 Å². The quantitative estimate of drug-likeness (QED) is 0.745. The largest absolute Gasteiger partial charge is 0.281 e. The highest BCUT2D eigenvalue weighted by atomic mass is 32.2. The van der Waals surface area contributed by atoms with E-state index in [-0.39, 0.29) is 10.5 Å². The fraction of sp³-hybridized carbons (Fsp3) is 0.286. The van der Waals surface area contributed by atoms with Crippen molar-refractivity contribution in [1.82, 2.24) is 0 Å². The van der Waals surface area contributed by atoms with Crippen LogP contribution in [0.4, 0.5) is 0 Å². The zero-order chi connectivity index (χ0) is 18.1. The van der Waals surface area contributed by atoms with E-state index in [0.29, 0.717) is 10.6 Å². The number of hydrogen-bond donors (Lipinski definition) is 0. The number of aliphatic imine (C=N–C) groups is 2. The summed E-state index contributed by atoms with van der Waals surface area (Å²) in [5.74, 6) is 0. The molecule has 0 bridgehead atoms. The van der Waals surface area contributed by atoms with Crippen molar-refractivity contribution in [2.45, 2.75) is 33.4 Å². The Morgan fingerprint density at radius 3 is 2.04 bits per heavy atom. The lowest BCUT2D eigenvalue weighted by molar-refractivity contribution is 0.109. The minimum Gasteiger partial charge on any atom is -0.281 e. The van der Waals surface area contributed by atoms with Crippen LogP contribution in [0.15, 0.2) is 70.6 Å². The van der Waals surface area contributed by atoms with Crippen LogP contribution in [-0.4, -0.2) is 21.5 Å². The van der Waals surface area contributed by atoms with E-state index in [2.05, 4.69) is 20.8 Å². The van der Waals surface area contributed by atoms with Gasteiger partial charge in [-0.3, -0.25) is 9.79 Å². The topological polar surface area (TPSA) is 41.8 Å². The molecule has 1 heterocycles. The van der Waals surface area contributed by atoms with E-state index in [1.165, 1.54) is 0 Å². The second-order valence-electron chi connectivity index (χ2n) is 7.27. The van der Waals surface area contributed by atoms with Gasteiger partial charge >= 0.3 is 0 Å². The summed E-state index contributed by atoms with van der Waals surface area (Å²) in [7, 11) is 0. The van der Waals surface area contributed by atoms with E-state index >= 15 is 0 Å². The molecule has 0 spiro atoms. The van der Waals surface area contributed by atoms with Gasteiger partial charge in [-0.25, -0.2) is 4.99 Å². The Kier molecular flexibility index (Phi) is 4.65. The van der Waals surface area contributed by atoms with Gasteiger partial charge in [-0.05, 0) is 18.7 Å². The van der Waals surface area contributed by atoms with Gasteiger partial charge in [-0.2, -0.15) is 0 Å². The summed E-state index contributed by atoms with van der Waals surface area (Å²) in [6, 6.07) is 19.2. The second-order valence-corrected chi connectivity index (χ2v) is 8.23. The fourth-order valence-corrected chi connectivity index (χ4v) is 3.37. The maximum absolute atomic E-state index is 12.7. The molecule has 2 aromatic carbocycles. The number of thioether (sulfide) groups is 1. The summed E-state index contributed by atoms with van der Waals surface area (Å²) < 4.78 is 0. The molecule has 0 fully saturated rings. The molecule has 1 unspecified atom stereocenters. The summed E-state index contributed by atoms with van der Waals surface area (Å²) in [4.78, 5) is 22.5. The van der Waals surface area contributed by atoms with Crippen LogP contribution in [0.1, 0.15) is 43.6 Å². The van der Waals surface area contributed by atoms with Gasteiger partial charge in [-0.15, -0.1) is 0 Å². The van der Waals surface area contributed by atoms with Gasteiger partial charge in [0.1, 0.15) is 5.04 Å². The lowest BCUT2D eigenvalue weighted by Crippen LogP contribution is -2.34. The van der Waals surface area contributed by atoms with E-state index in [1.54, 1.807) is 0 Å². The van der Waals surface area contributed by atoms with Crippen LogP contribution >= 0.6 is 11.8 Å². The zero-order valence-electron chi connectivity index (χ0n) is 15.0. The van der Waals surface area contributed by atoms with Crippen LogP contribution in [0, 0.1) is 5.41 Å². The first-order valence-electron chi connectivity index (χ1n) is 8.33. The first kappa shape index (κ1) is 17.6. The van der Waals surface area contributed by atoms with Gasteiger partial charge in [0.05, 0.1) is 5.71 Å². The molecule has 0 aliphatic carbocycles. The van der Waals surface area contributed by atoms with Gasteiger partial charge in [0.2, 0.25) is 5.12 Å². The number of benzene rings is 2. The Morgan fingerprint density at radius 2 is 1.48 bits per heavy atom. The SMILES string of the molecule is CC(C)(C)C1(C)N=C(SC(=O)c2ccccc2)C(c2ccccc2)=N1. The Morgan fingerprint density at radius 1 is 0.920 bits per heavy atom. The standard InChI is InChI=1S/C21H22N2OS/c1-20(2,3)21(4)22-17(15-11-7-5-8-12-15)18(23-21)25-19(24)16-13-9-6-10-14-16/h5-14H,1-4H3. The molecule has 25 heavy (non-hydrogen) atoms. The monoisotopic (exact) mass is 350 g/mol. The number of rotatable bonds is 2. The predicted octanol–water partition coefficient (Wildman–Crippen LogP) is 5.22. The Balaban J connectivity index is 1.99. The molecule has 1 atom stereocenters. The molecule has 3 nitrogen and oxygen atoms in total. The maximum atomic E-state index is 12.7. The molecule has 0 radical (unpaired) electrons. The Bertz CT molecular complexity index is 835. The third-order valence-corrected chi connectivity index (χ3v) is 5.42. The first-order valence-corrected chi connectivity index (χ1v) is 9.14. The number of carbonyl (C=O) groups excluding carboxylic acids is 1. The highest BCUT2D eigenvalue weighted by molar-refractivity contribution is 8.28. The molecule has 0 amide bonds. The predicted molar refractivity (Wildman–Crippen MR) is 107 cm³/mol. The van der Waals surface area contributed by atoms with Gasteiger partial charge < -0.3 is 0 Å². The molecular weight excluding hydrogens is 328 g/mol. The molecule has 0 saturated heterocycles. The highest BCUT2D eigenvalue weighted by Gasteiger charge is 2.42. The summed E-state index contributed by atoms with van der Waals surface area (Å²) in [6.45, 7) is 8.39. The summed E-state index contributed by atoms with van der Waals surface area (Å²) in [6.07, 6.45) is 0. The molecule has 1 aliphatic rings. The van der Waals surface area contributed by atoms with Crippen molar-refractivity contribution in [2.24, 2.45) is 15.4 Å². The van der Waals surface area contributed by atoms with E-state index in [0.717, 1.165) is 23.0 Å². The molecule has 0 saturated carbocycles. The summed E-state index contributed by atoms with van der Waals surface area (Å²) in [5.41, 5.74) is 1.73. The number of nitrogens with zero attached hydrogens (tertiary/aromatic N) is 2. The van der Waals surface area contributed by atoms with Crippen LogP contribution in [0.3, 0.4) is 0 Å². The van der Waals surface area contributed by atoms with Gasteiger partial charge in [0.15, 0.2) is 5.66 Å². The van der Waals surface area contributed by atoms with Crippen molar-refractivity contribution in [3.05, 3.63) is 71.8 Å². The van der Waals surface area contributed by atoms with Gasteiger partial charge in [-0.1, -0.05) is 81.4 Å². The maximum Gasteiger partial charge on any atom is 0.225 e. The van der Waals surface area contributed by atoms with Crippen LogP contribution in [-0.2, 0) is 0 Å². The van der Waals surface area contributed by atoms with Crippen molar-refractivity contribution in [2.75, 3.05) is 0 Å². The molecule has 4 heteroatoms. The number of hydrogen-bond acceptors (Lipinski definition) is 4. The Labute approximate surface area is 153 Å². The average molecular weight is 350 g/mol. The van der Waals surface area contributed by atoms with E-state index in [4.69, 9.17) is 9.98 Å². The molecule has 128 valence electrons. The molecule has 3 rings (SSSR count). The molecule has 0 N–H and O–H groups in total. The normalized spacial score (nSPS) is 20.2. The molecule has 2 aromatic rings.